The number of hydrogen-bond donors (Lipinski definition) is 0. The van der Waals surface area contributed by atoms with Crippen molar-refractivity contribution in [1.29, 1.82) is 0 Å². The smallest absolute Gasteiger partial charge is 0.164 e. The van der Waals surface area contributed by atoms with Crippen LogP contribution >= 0.6 is 11.8 Å². The van der Waals surface area contributed by atoms with Crippen LogP contribution < -0.4 is 0 Å². The van der Waals surface area contributed by atoms with Crippen molar-refractivity contribution in [2.45, 2.75) is 47.3 Å². The summed E-state index contributed by atoms with van der Waals surface area (Å²) in [7, 11) is 0. The van der Waals surface area contributed by atoms with Gasteiger partial charge in [0, 0.05) is 31.9 Å². The molecule has 2 aliphatic carbocycles. The molecule has 4 heteroatoms. The van der Waals surface area contributed by atoms with Gasteiger partial charge < -0.3 is 0 Å². The number of rotatable bonds is 4. The summed E-state index contributed by atoms with van der Waals surface area (Å²) in [5.41, 5.74) is 13.6. The standard InChI is InChI=1S/C49H35N3S/c1-3-11-33(12-4-1)46-50-47(34-21-19-31(20-22-34)35-23-25-37-38-15-9-13-32-14-10-16-39(45(32)38)40(37)29-35)52-48(51-46)36-24-26-44-42(30-36)49(27-7-2-8-28-49)41-17-5-6-18-43(41)53-44/h1,3-6,9-26,29-30H,2,7-8,27-28H2. The highest BCUT2D eigenvalue weighted by molar-refractivity contribution is 7.99. The number of hydrogen-bond acceptors (Lipinski definition) is 4. The average Bonchev–Trinajstić information content (AvgIpc) is 3.56. The van der Waals surface area contributed by atoms with E-state index >= 15 is 0 Å². The van der Waals surface area contributed by atoms with Gasteiger partial charge in [-0.2, -0.15) is 0 Å². The third-order valence-electron chi connectivity index (χ3n) is 11.7. The van der Waals surface area contributed by atoms with Crippen molar-refractivity contribution in [3.63, 3.8) is 0 Å². The van der Waals surface area contributed by atoms with Crippen LogP contribution in [0, 0.1) is 0 Å². The monoisotopic (exact) mass is 697 g/mol. The van der Waals surface area contributed by atoms with Gasteiger partial charge in [0.25, 0.3) is 0 Å². The molecule has 11 rings (SSSR count). The lowest BCUT2D eigenvalue weighted by molar-refractivity contribution is 0.335. The highest BCUT2D eigenvalue weighted by Crippen LogP contribution is 2.56. The van der Waals surface area contributed by atoms with E-state index in [4.69, 9.17) is 15.0 Å². The van der Waals surface area contributed by atoms with Crippen LogP contribution in [0.4, 0.5) is 0 Å². The molecule has 1 spiro atoms. The van der Waals surface area contributed by atoms with Crippen LogP contribution in [0.2, 0.25) is 0 Å². The highest BCUT2D eigenvalue weighted by Gasteiger charge is 2.42. The van der Waals surface area contributed by atoms with E-state index in [2.05, 4.69) is 133 Å². The molecule has 2 heterocycles. The van der Waals surface area contributed by atoms with E-state index in [-0.39, 0.29) is 5.41 Å². The number of benzene rings is 7. The van der Waals surface area contributed by atoms with Crippen LogP contribution in [-0.4, -0.2) is 15.0 Å². The fourth-order valence-corrected chi connectivity index (χ4v) is 10.4. The van der Waals surface area contributed by atoms with Crippen molar-refractivity contribution in [1.82, 2.24) is 15.0 Å². The summed E-state index contributed by atoms with van der Waals surface area (Å²) in [6.07, 6.45) is 6.17. The fraction of sp³-hybridized carbons (Fsp3) is 0.122. The second kappa shape index (κ2) is 12.1. The van der Waals surface area contributed by atoms with Crippen LogP contribution in [0.3, 0.4) is 0 Å². The predicted octanol–water partition coefficient (Wildman–Crippen LogP) is 13.1. The second-order valence-corrected chi connectivity index (χ2v) is 15.8. The molecule has 3 aliphatic rings. The van der Waals surface area contributed by atoms with Gasteiger partial charge in [-0.15, -0.1) is 0 Å². The molecular weight excluding hydrogens is 663 g/mol. The molecule has 0 atom stereocenters. The zero-order chi connectivity index (χ0) is 34.9. The second-order valence-electron chi connectivity index (χ2n) is 14.7. The summed E-state index contributed by atoms with van der Waals surface area (Å²) in [6, 6.07) is 55.1. The van der Waals surface area contributed by atoms with E-state index in [1.54, 1.807) is 0 Å². The molecule has 53 heavy (non-hydrogen) atoms. The predicted molar refractivity (Wildman–Crippen MR) is 218 cm³/mol. The van der Waals surface area contributed by atoms with Crippen LogP contribution in [0.25, 0.3) is 78.3 Å². The first-order chi connectivity index (χ1) is 26.2. The quantitative estimate of drug-likeness (QED) is 0.183. The van der Waals surface area contributed by atoms with Crippen molar-refractivity contribution < 1.29 is 0 Å². The third-order valence-corrected chi connectivity index (χ3v) is 12.9. The maximum absolute atomic E-state index is 5.19. The summed E-state index contributed by atoms with van der Waals surface area (Å²) in [4.78, 5) is 18.1. The zero-order valence-corrected chi connectivity index (χ0v) is 30.0. The van der Waals surface area contributed by atoms with Gasteiger partial charge in [-0.25, -0.2) is 15.0 Å². The molecule has 3 nitrogen and oxygen atoms in total. The summed E-state index contributed by atoms with van der Waals surface area (Å²) in [5, 5.41) is 2.65. The minimum atomic E-state index is 0.0340. The molecule has 0 bridgehead atoms. The number of fused-ring (bicyclic) bond motifs is 7. The fourth-order valence-electron chi connectivity index (χ4n) is 9.17. The Morgan fingerprint density at radius 1 is 0.396 bits per heavy atom. The third kappa shape index (κ3) is 4.93. The minimum Gasteiger partial charge on any atom is -0.208 e. The molecule has 0 amide bonds. The summed E-state index contributed by atoms with van der Waals surface area (Å²) < 4.78 is 0. The largest absolute Gasteiger partial charge is 0.208 e. The van der Waals surface area contributed by atoms with Crippen LogP contribution in [0.1, 0.15) is 43.2 Å². The Morgan fingerprint density at radius 2 is 1.00 bits per heavy atom. The molecule has 8 aromatic rings. The summed E-state index contributed by atoms with van der Waals surface area (Å²) >= 11 is 1.90. The lowest BCUT2D eigenvalue weighted by atomic mass is 9.65. The number of nitrogens with zero attached hydrogens (tertiary/aromatic N) is 3. The van der Waals surface area contributed by atoms with Gasteiger partial charge >= 0.3 is 0 Å². The van der Waals surface area contributed by atoms with Gasteiger partial charge in [-0.3, -0.25) is 0 Å². The van der Waals surface area contributed by atoms with Crippen LogP contribution in [0.5, 0.6) is 0 Å². The Labute approximate surface area is 313 Å². The van der Waals surface area contributed by atoms with Crippen molar-refractivity contribution in [3.8, 4) is 67.5 Å². The van der Waals surface area contributed by atoms with Crippen LogP contribution in [-0.2, 0) is 5.41 Å². The van der Waals surface area contributed by atoms with Crippen molar-refractivity contribution in [2.75, 3.05) is 0 Å². The Morgan fingerprint density at radius 3 is 1.77 bits per heavy atom. The Bertz CT molecular complexity index is 2720. The molecule has 7 aromatic carbocycles. The molecule has 0 radical (unpaired) electrons. The SMILES string of the molecule is c1ccc(-c2nc(-c3ccc(-c4ccc5c(c4)-c4cccc6cccc-5c46)cc3)nc(-c3ccc4c(c3)C3(CCCCC3)c3ccccc3S4)n2)cc1. The molecule has 1 saturated carbocycles. The van der Waals surface area contributed by atoms with E-state index in [0.717, 1.165) is 16.7 Å². The topological polar surface area (TPSA) is 38.7 Å². The van der Waals surface area contributed by atoms with Crippen molar-refractivity contribution >= 4 is 22.5 Å². The number of aromatic nitrogens is 3. The highest BCUT2D eigenvalue weighted by atomic mass is 32.2. The maximum Gasteiger partial charge on any atom is 0.164 e. The first kappa shape index (κ1) is 30.8. The van der Waals surface area contributed by atoms with Crippen LogP contribution in [0.15, 0.2) is 161 Å². The normalized spacial score (nSPS) is 14.9. The van der Waals surface area contributed by atoms with E-state index < -0.39 is 0 Å². The van der Waals surface area contributed by atoms with Gasteiger partial charge in [-0.1, -0.05) is 158 Å². The molecular formula is C49H35N3S. The molecule has 252 valence electrons. The zero-order valence-electron chi connectivity index (χ0n) is 29.2. The average molecular weight is 698 g/mol. The molecule has 0 N–H and O–H groups in total. The van der Waals surface area contributed by atoms with E-state index in [0.29, 0.717) is 17.5 Å². The van der Waals surface area contributed by atoms with Gasteiger partial charge in [0.15, 0.2) is 17.5 Å². The molecule has 1 fully saturated rings. The van der Waals surface area contributed by atoms with Gasteiger partial charge in [0.1, 0.15) is 0 Å². The summed E-state index contributed by atoms with van der Waals surface area (Å²) in [5.74, 6) is 2.08. The van der Waals surface area contributed by atoms with Gasteiger partial charge in [0.05, 0.1) is 0 Å². The molecule has 0 unspecified atom stereocenters. The minimum absolute atomic E-state index is 0.0340. The van der Waals surface area contributed by atoms with Gasteiger partial charge in [0.2, 0.25) is 0 Å². The Hall–Kier alpha value is -5.84. The maximum atomic E-state index is 5.19. The van der Waals surface area contributed by atoms with Crippen molar-refractivity contribution in [3.05, 3.63) is 163 Å². The first-order valence-corrected chi connectivity index (χ1v) is 19.5. The Kier molecular flexibility index (Phi) is 7.03. The molecule has 0 saturated heterocycles. The van der Waals surface area contributed by atoms with E-state index in [1.165, 1.54) is 97.2 Å². The van der Waals surface area contributed by atoms with Gasteiger partial charge in [-0.05, 0) is 92.4 Å². The lowest BCUT2D eigenvalue weighted by Gasteiger charge is -2.43. The van der Waals surface area contributed by atoms with E-state index in [9.17, 15) is 0 Å². The first-order valence-electron chi connectivity index (χ1n) is 18.7. The summed E-state index contributed by atoms with van der Waals surface area (Å²) in [6.45, 7) is 0. The van der Waals surface area contributed by atoms with Crippen molar-refractivity contribution in [2.24, 2.45) is 0 Å². The molecule has 1 aromatic heterocycles. The molecule has 1 aliphatic heterocycles. The van der Waals surface area contributed by atoms with E-state index in [1.807, 2.05) is 30.0 Å². The Balaban J connectivity index is 0.994. The lowest BCUT2D eigenvalue weighted by Crippen LogP contribution is -2.33.